The predicted molar refractivity (Wildman–Crippen MR) is 120 cm³/mol. The number of likely N-dealkylation sites (N-methyl/N-ethyl adjacent to an activating group) is 1. The number of hydrogen-bond donors (Lipinski definition) is 0. The number of aromatic nitrogens is 1. The summed E-state index contributed by atoms with van der Waals surface area (Å²) in [5, 5.41) is 1.22. The van der Waals surface area contributed by atoms with E-state index in [4.69, 9.17) is 18.3 Å². The van der Waals surface area contributed by atoms with Gasteiger partial charge < -0.3 is 23.3 Å². The van der Waals surface area contributed by atoms with Gasteiger partial charge in [-0.2, -0.15) is 0 Å². The van der Waals surface area contributed by atoms with Crippen molar-refractivity contribution >= 4 is 19.5 Å². The van der Waals surface area contributed by atoms with Crippen molar-refractivity contribution in [2.45, 2.75) is 65.9 Å². The summed E-state index contributed by atoms with van der Waals surface area (Å²) in [5.74, 6) is 0.829. The second kappa shape index (κ2) is 9.76. The number of rotatable bonds is 9. The molecule has 6 nitrogen and oxygen atoms in total. The molecule has 0 unspecified atom stereocenters. The smallest absolute Gasteiger partial charge is 0.335 e. The maximum atomic E-state index is 6.13. The highest BCUT2D eigenvalue weighted by atomic mass is 31.2. The largest absolute Gasteiger partial charge is 0.497 e. The van der Waals surface area contributed by atoms with E-state index in [0.717, 1.165) is 24.2 Å². The Morgan fingerprint density at radius 1 is 1.00 bits per heavy atom. The molecule has 0 saturated carbocycles. The molecule has 2 rings (SSSR count). The highest BCUT2D eigenvalue weighted by molar-refractivity contribution is 7.41. The van der Waals surface area contributed by atoms with Gasteiger partial charge >= 0.3 is 8.60 Å². The predicted octanol–water partition coefficient (Wildman–Crippen LogP) is 5.59. The Hall–Kier alpha value is -1.17. The van der Waals surface area contributed by atoms with Crippen LogP contribution in [0.4, 0.5) is 0 Å². The summed E-state index contributed by atoms with van der Waals surface area (Å²) in [6, 6.07) is 6.18. The van der Waals surface area contributed by atoms with Crippen LogP contribution in [0, 0.1) is 0 Å². The normalized spacial score (nSPS) is 13.1. The van der Waals surface area contributed by atoms with Gasteiger partial charge in [0.25, 0.3) is 0 Å². The minimum atomic E-state index is -1.50. The standard InChI is InChI=1S/C22H37N2O4P/c1-21(2,3)27-29(28-22(4,5)6)26-16-24-15-17(12-13-23(7)8)19-11-10-18(25-9)14-20(19)24/h10-11,14-15H,12-13,16H2,1-9H3. The lowest BCUT2D eigenvalue weighted by Gasteiger charge is -2.30. The van der Waals surface area contributed by atoms with Crippen LogP contribution < -0.4 is 4.74 Å². The van der Waals surface area contributed by atoms with Crippen molar-refractivity contribution in [3.63, 3.8) is 0 Å². The van der Waals surface area contributed by atoms with Crippen LogP contribution >= 0.6 is 8.60 Å². The van der Waals surface area contributed by atoms with Gasteiger partial charge in [0, 0.05) is 24.2 Å². The van der Waals surface area contributed by atoms with Gasteiger partial charge in [-0.25, -0.2) is 0 Å². The third-order valence-electron chi connectivity index (χ3n) is 4.00. The molecule has 1 heterocycles. The molecule has 0 radical (unpaired) electrons. The first-order valence-corrected chi connectivity index (χ1v) is 11.1. The number of benzene rings is 1. The molecule has 0 aliphatic heterocycles. The molecule has 0 bridgehead atoms. The second-order valence-corrected chi connectivity index (χ2v) is 10.5. The maximum absolute atomic E-state index is 6.13. The minimum Gasteiger partial charge on any atom is -0.497 e. The molecule has 2 aromatic rings. The van der Waals surface area contributed by atoms with Gasteiger partial charge in [0.2, 0.25) is 0 Å². The van der Waals surface area contributed by atoms with Gasteiger partial charge in [0.05, 0.1) is 23.8 Å². The maximum Gasteiger partial charge on any atom is 0.335 e. The van der Waals surface area contributed by atoms with Crippen LogP contribution in [0.5, 0.6) is 5.75 Å². The highest BCUT2D eigenvalue weighted by Gasteiger charge is 2.27. The van der Waals surface area contributed by atoms with E-state index in [-0.39, 0.29) is 11.2 Å². The van der Waals surface area contributed by atoms with E-state index < -0.39 is 8.60 Å². The molecule has 164 valence electrons. The van der Waals surface area contributed by atoms with E-state index in [1.807, 2.05) is 47.6 Å². The average molecular weight is 425 g/mol. The fourth-order valence-electron chi connectivity index (χ4n) is 2.75. The number of hydrogen-bond acceptors (Lipinski definition) is 5. The zero-order chi connectivity index (χ0) is 21.8. The molecule has 0 fully saturated rings. The summed E-state index contributed by atoms with van der Waals surface area (Å²) < 4.78 is 25.8. The molecule has 0 N–H and O–H groups in total. The van der Waals surface area contributed by atoms with Crippen molar-refractivity contribution in [3.8, 4) is 5.75 Å². The third kappa shape index (κ3) is 7.88. The molecular formula is C22H37N2O4P. The fourth-order valence-corrected chi connectivity index (χ4v) is 4.01. The summed E-state index contributed by atoms with van der Waals surface area (Å²) in [6.07, 6.45) is 3.13. The number of nitrogens with zero attached hydrogens (tertiary/aromatic N) is 2. The topological polar surface area (TPSA) is 45.1 Å². The van der Waals surface area contributed by atoms with Gasteiger partial charge in [-0.3, -0.25) is 4.52 Å². The van der Waals surface area contributed by atoms with E-state index in [9.17, 15) is 0 Å². The Balaban J connectivity index is 2.27. The zero-order valence-corrected chi connectivity index (χ0v) is 20.3. The third-order valence-corrected chi connectivity index (χ3v) is 5.72. The lowest BCUT2D eigenvalue weighted by Crippen LogP contribution is -2.23. The van der Waals surface area contributed by atoms with Crippen molar-refractivity contribution in [2.75, 3.05) is 27.7 Å². The van der Waals surface area contributed by atoms with E-state index in [1.54, 1.807) is 7.11 Å². The van der Waals surface area contributed by atoms with Crippen LogP contribution in [0.1, 0.15) is 47.1 Å². The van der Waals surface area contributed by atoms with Crippen LogP contribution in [0.3, 0.4) is 0 Å². The fraction of sp³-hybridized carbons (Fsp3) is 0.636. The molecule has 1 aromatic carbocycles. The quantitative estimate of drug-likeness (QED) is 0.492. The molecule has 0 aliphatic carbocycles. The molecule has 0 saturated heterocycles. The monoisotopic (exact) mass is 424 g/mol. The highest BCUT2D eigenvalue weighted by Crippen LogP contribution is 2.47. The van der Waals surface area contributed by atoms with Crippen molar-refractivity contribution < 1.29 is 18.3 Å². The number of methoxy groups -OCH3 is 1. The van der Waals surface area contributed by atoms with Crippen molar-refractivity contribution in [3.05, 3.63) is 30.0 Å². The summed E-state index contributed by atoms with van der Waals surface area (Å²) in [5.41, 5.74) is 1.67. The molecular weight excluding hydrogens is 387 g/mol. The number of ether oxygens (including phenoxy) is 1. The van der Waals surface area contributed by atoms with Gasteiger partial charge in [-0.1, -0.05) is 0 Å². The first-order valence-electron chi connectivity index (χ1n) is 10.00. The lowest BCUT2D eigenvalue weighted by molar-refractivity contribution is 0.0241. The van der Waals surface area contributed by atoms with Crippen LogP contribution in [0.25, 0.3) is 10.9 Å². The first kappa shape index (κ1) is 24.1. The van der Waals surface area contributed by atoms with Crippen molar-refractivity contribution in [1.82, 2.24) is 9.47 Å². The van der Waals surface area contributed by atoms with Gasteiger partial charge in [0.15, 0.2) is 0 Å². The summed E-state index contributed by atoms with van der Waals surface area (Å²) in [6.45, 7) is 13.4. The molecule has 7 heteroatoms. The van der Waals surface area contributed by atoms with Crippen molar-refractivity contribution in [2.24, 2.45) is 0 Å². The van der Waals surface area contributed by atoms with Crippen LogP contribution in [0.15, 0.2) is 24.4 Å². The van der Waals surface area contributed by atoms with Crippen LogP contribution in [-0.4, -0.2) is 48.4 Å². The first-order chi connectivity index (χ1) is 13.4. The van der Waals surface area contributed by atoms with Crippen LogP contribution in [0.2, 0.25) is 0 Å². The Morgan fingerprint density at radius 3 is 2.14 bits per heavy atom. The van der Waals surface area contributed by atoms with Crippen LogP contribution in [-0.2, 0) is 26.7 Å². The lowest BCUT2D eigenvalue weighted by atomic mass is 10.1. The molecule has 1 aromatic heterocycles. The molecule has 0 aliphatic rings. The molecule has 0 spiro atoms. The van der Waals surface area contributed by atoms with E-state index >= 15 is 0 Å². The average Bonchev–Trinajstić information content (AvgIpc) is 2.92. The minimum absolute atomic E-state index is 0.351. The summed E-state index contributed by atoms with van der Waals surface area (Å²) in [7, 11) is 4.37. The zero-order valence-electron chi connectivity index (χ0n) is 19.4. The van der Waals surface area contributed by atoms with E-state index in [2.05, 4.69) is 41.9 Å². The summed E-state index contributed by atoms with van der Waals surface area (Å²) >= 11 is 0. The van der Waals surface area contributed by atoms with Gasteiger partial charge in [0.1, 0.15) is 12.5 Å². The molecule has 0 atom stereocenters. The Bertz CT molecular complexity index is 774. The Kier molecular flexibility index (Phi) is 8.11. The summed E-state index contributed by atoms with van der Waals surface area (Å²) in [4.78, 5) is 2.19. The SMILES string of the molecule is COc1ccc2c(CCN(C)C)cn(COP(OC(C)(C)C)OC(C)(C)C)c2c1. The van der Waals surface area contributed by atoms with Gasteiger partial charge in [-0.05, 0) is 79.8 Å². The number of fused-ring (bicyclic) bond motifs is 1. The van der Waals surface area contributed by atoms with E-state index in [1.165, 1.54) is 10.9 Å². The molecule has 29 heavy (non-hydrogen) atoms. The Morgan fingerprint density at radius 2 is 1.62 bits per heavy atom. The van der Waals surface area contributed by atoms with E-state index in [0.29, 0.717) is 6.73 Å². The second-order valence-electron chi connectivity index (χ2n) is 9.45. The van der Waals surface area contributed by atoms with Crippen molar-refractivity contribution in [1.29, 1.82) is 0 Å². The molecule has 0 amide bonds. The Labute approximate surface area is 177 Å². The van der Waals surface area contributed by atoms with Gasteiger partial charge in [-0.15, -0.1) is 0 Å².